The predicted octanol–water partition coefficient (Wildman–Crippen LogP) is 2.41. The summed E-state index contributed by atoms with van der Waals surface area (Å²) in [5.74, 6) is 0. The van der Waals surface area contributed by atoms with Gasteiger partial charge in [-0.15, -0.1) is 0 Å². The van der Waals surface area contributed by atoms with E-state index in [2.05, 4.69) is 65.8 Å². The first-order valence-corrected chi connectivity index (χ1v) is 5.30. The van der Waals surface area contributed by atoms with Crippen molar-refractivity contribution in [3.63, 3.8) is 0 Å². The molecule has 0 radical (unpaired) electrons. The van der Waals surface area contributed by atoms with Gasteiger partial charge in [0, 0.05) is 7.05 Å². The molecule has 0 aromatic heterocycles. The maximum atomic E-state index is 3.55. The van der Waals surface area contributed by atoms with E-state index in [4.69, 9.17) is 0 Å². The number of anilines is 2. The van der Waals surface area contributed by atoms with E-state index in [9.17, 15) is 0 Å². The van der Waals surface area contributed by atoms with Crippen LogP contribution in [0.1, 0.15) is 0 Å². The number of likely N-dealkylation sites (N-methyl/N-ethyl adjacent to an activating group) is 1. The molecule has 0 bridgehead atoms. The van der Waals surface area contributed by atoms with Gasteiger partial charge in [-0.05, 0) is 12.1 Å². The summed E-state index contributed by atoms with van der Waals surface area (Å²) < 4.78 is 0. The lowest BCUT2D eigenvalue weighted by atomic mass is 9.97. The Morgan fingerprint density at radius 2 is 1.93 bits per heavy atom. The zero-order valence-corrected chi connectivity index (χ0v) is 8.72. The summed E-state index contributed by atoms with van der Waals surface area (Å²) in [7, 11) is 2.15. The van der Waals surface area contributed by atoms with Crippen LogP contribution in [0.25, 0.3) is 0 Å². The van der Waals surface area contributed by atoms with Crippen LogP contribution in [0.3, 0.4) is 0 Å². The van der Waals surface area contributed by atoms with Gasteiger partial charge in [0.15, 0.2) is 0 Å². The first kappa shape index (κ1) is 8.60. The van der Waals surface area contributed by atoms with Crippen LogP contribution >= 0.6 is 0 Å². The minimum Gasteiger partial charge on any atom is -0.375 e. The maximum Gasteiger partial charge on any atom is 0.0711 e. The third-order valence-electron chi connectivity index (χ3n) is 3.16. The van der Waals surface area contributed by atoms with Crippen molar-refractivity contribution < 1.29 is 0 Å². The largest absolute Gasteiger partial charge is 0.375 e. The zero-order valence-electron chi connectivity index (χ0n) is 8.72. The third kappa shape index (κ3) is 1.25. The van der Waals surface area contributed by atoms with Crippen molar-refractivity contribution in [2.24, 2.45) is 0 Å². The molecule has 1 aliphatic carbocycles. The Balaban J connectivity index is 2.07. The third-order valence-corrected chi connectivity index (χ3v) is 3.16. The molecule has 1 aromatic carbocycles. The molecule has 3 rings (SSSR count). The van der Waals surface area contributed by atoms with Gasteiger partial charge in [-0.3, -0.25) is 0 Å². The summed E-state index contributed by atoms with van der Waals surface area (Å²) in [5, 5.41) is 3.55. The molecule has 0 spiro atoms. The quantitative estimate of drug-likeness (QED) is 0.688. The highest BCUT2D eigenvalue weighted by atomic mass is 15.2. The molecule has 1 aromatic rings. The standard InChI is InChI=1S/C13H14N2/c1-15-12-8-4-2-6-10(12)14-11-7-3-5-9-13(11)15/h2-10,12,14H,1H3. The minimum absolute atomic E-state index is 0.398. The highest BCUT2D eigenvalue weighted by Gasteiger charge is 2.28. The molecule has 0 amide bonds. The van der Waals surface area contributed by atoms with Crippen LogP contribution in [0.15, 0.2) is 48.6 Å². The van der Waals surface area contributed by atoms with Gasteiger partial charge in [0.25, 0.3) is 0 Å². The first-order chi connectivity index (χ1) is 7.36. The molecule has 0 fully saturated rings. The fraction of sp³-hybridized carbons (Fsp3) is 0.231. The van der Waals surface area contributed by atoms with Gasteiger partial charge in [0.05, 0.1) is 23.5 Å². The minimum atomic E-state index is 0.398. The Hall–Kier alpha value is -1.70. The van der Waals surface area contributed by atoms with Crippen molar-refractivity contribution in [3.8, 4) is 0 Å². The SMILES string of the molecule is CN1c2ccccc2NC2C=CC=CC21. The lowest BCUT2D eigenvalue weighted by molar-refractivity contribution is 0.670. The van der Waals surface area contributed by atoms with E-state index >= 15 is 0 Å². The van der Waals surface area contributed by atoms with Crippen molar-refractivity contribution in [2.45, 2.75) is 12.1 Å². The van der Waals surface area contributed by atoms with Gasteiger partial charge in [-0.1, -0.05) is 36.4 Å². The van der Waals surface area contributed by atoms with E-state index in [0.29, 0.717) is 12.1 Å². The molecular weight excluding hydrogens is 184 g/mol. The molecule has 2 heteroatoms. The molecule has 2 aliphatic rings. The summed E-state index contributed by atoms with van der Waals surface area (Å²) in [4.78, 5) is 2.33. The van der Waals surface area contributed by atoms with Gasteiger partial charge in [0.1, 0.15) is 0 Å². The van der Waals surface area contributed by atoms with E-state index < -0.39 is 0 Å². The number of allylic oxidation sites excluding steroid dienone is 2. The first-order valence-electron chi connectivity index (χ1n) is 5.30. The fourth-order valence-corrected chi connectivity index (χ4v) is 2.34. The van der Waals surface area contributed by atoms with E-state index in [1.165, 1.54) is 11.4 Å². The Morgan fingerprint density at radius 3 is 2.87 bits per heavy atom. The highest BCUT2D eigenvalue weighted by molar-refractivity contribution is 5.74. The molecule has 1 aliphatic heterocycles. The van der Waals surface area contributed by atoms with Crippen molar-refractivity contribution in [1.82, 2.24) is 0 Å². The van der Waals surface area contributed by atoms with Crippen LogP contribution in [0.2, 0.25) is 0 Å². The van der Waals surface area contributed by atoms with Gasteiger partial charge in [0.2, 0.25) is 0 Å². The Bertz CT molecular complexity index is 434. The second kappa shape index (κ2) is 3.16. The van der Waals surface area contributed by atoms with Gasteiger partial charge in [-0.2, -0.15) is 0 Å². The second-order valence-corrected chi connectivity index (χ2v) is 4.06. The lowest BCUT2D eigenvalue weighted by Gasteiger charge is -2.41. The highest BCUT2D eigenvalue weighted by Crippen LogP contribution is 2.34. The molecule has 15 heavy (non-hydrogen) atoms. The summed E-state index contributed by atoms with van der Waals surface area (Å²) >= 11 is 0. The predicted molar refractivity (Wildman–Crippen MR) is 64.3 cm³/mol. The topological polar surface area (TPSA) is 15.3 Å². The average molecular weight is 198 g/mol. The molecule has 0 saturated carbocycles. The van der Waals surface area contributed by atoms with Crippen LogP contribution in [0.4, 0.5) is 11.4 Å². The van der Waals surface area contributed by atoms with Crippen molar-refractivity contribution in [1.29, 1.82) is 0 Å². The van der Waals surface area contributed by atoms with Crippen molar-refractivity contribution in [2.75, 3.05) is 17.3 Å². The van der Waals surface area contributed by atoms with E-state index in [1.54, 1.807) is 0 Å². The molecule has 1 heterocycles. The number of benzene rings is 1. The zero-order chi connectivity index (χ0) is 10.3. The number of hydrogen-bond acceptors (Lipinski definition) is 2. The molecule has 1 N–H and O–H groups in total. The van der Waals surface area contributed by atoms with Gasteiger partial charge >= 0.3 is 0 Å². The van der Waals surface area contributed by atoms with Crippen LogP contribution in [0, 0.1) is 0 Å². The Labute approximate surface area is 89.9 Å². The van der Waals surface area contributed by atoms with Crippen molar-refractivity contribution in [3.05, 3.63) is 48.6 Å². The second-order valence-electron chi connectivity index (χ2n) is 4.06. The number of nitrogens with one attached hydrogen (secondary N) is 1. The normalized spacial score (nSPS) is 26.9. The van der Waals surface area contributed by atoms with Gasteiger partial charge < -0.3 is 10.2 Å². The summed E-state index contributed by atoms with van der Waals surface area (Å²) in [5.41, 5.74) is 2.50. The molecule has 2 unspecified atom stereocenters. The van der Waals surface area contributed by atoms with E-state index in [-0.39, 0.29) is 0 Å². The average Bonchev–Trinajstić information content (AvgIpc) is 2.30. The lowest BCUT2D eigenvalue weighted by Crippen LogP contribution is -2.47. The summed E-state index contributed by atoms with van der Waals surface area (Å²) in [6.45, 7) is 0. The smallest absolute Gasteiger partial charge is 0.0711 e. The summed E-state index contributed by atoms with van der Waals surface area (Å²) in [6.07, 6.45) is 8.69. The van der Waals surface area contributed by atoms with Crippen LogP contribution < -0.4 is 10.2 Å². The van der Waals surface area contributed by atoms with E-state index in [0.717, 1.165) is 0 Å². The van der Waals surface area contributed by atoms with Crippen LogP contribution in [-0.4, -0.2) is 19.1 Å². The summed E-state index contributed by atoms with van der Waals surface area (Å²) in [6, 6.07) is 9.28. The number of hydrogen-bond donors (Lipinski definition) is 1. The number of fused-ring (bicyclic) bond motifs is 2. The number of para-hydroxylation sites is 2. The van der Waals surface area contributed by atoms with Crippen LogP contribution in [-0.2, 0) is 0 Å². The Kier molecular flexibility index (Phi) is 1.81. The fourth-order valence-electron chi connectivity index (χ4n) is 2.34. The monoisotopic (exact) mass is 198 g/mol. The number of nitrogens with zero attached hydrogens (tertiary/aromatic N) is 1. The molecule has 2 nitrogen and oxygen atoms in total. The number of rotatable bonds is 0. The van der Waals surface area contributed by atoms with Crippen LogP contribution in [0.5, 0.6) is 0 Å². The molecule has 2 atom stereocenters. The Morgan fingerprint density at radius 1 is 1.13 bits per heavy atom. The molecule has 0 saturated heterocycles. The van der Waals surface area contributed by atoms with E-state index in [1.807, 2.05) is 0 Å². The molecule has 76 valence electrons. The van der Waals surface area contributed by atoms with Crippen molar-refractivity contribution >= 4 is 11.4 Å². The van der Waals surface area contributed by atoms with Gasteiger partial charge in [-0.25, -0.2) is 0 Å². The molecular formula is C13H14N2. The maximum absolute atomic E-state index is 3.55.